The molecule has 1 amide bonds. The highest BCUT2D eigenvalue weighted by atomic mass is 19.1. The molecule has 2 aromatic carbocycles. The highest BCUT2D eigenvalue weighted by Gasteiger charge is 2.47. The molecule has 196 valence electrons. The number of amides is 1. The Balaban J connectivity index is 1.37. The normalized spacial score (nSPS) is 16.6. The van der Waals surface area contributed by atoms with E-state index in [1.807, 2.05) is 24.3 Å². The van der Waals surface area contributed by atoms with Crippen LogP contribution in [0, 0.1) is 11.6 Å². The molecule has 0 aliphatic carbocycles. The van der Waals surface area contributed by atoms with E-state index in [1.165, 1.54) is 20.3 Å². The largest absolute Gasteiger partial charge is 0.494 e. The number of rotatable bonds is 5. The van der Waals surface area contributed by atoms with Crippen molar-refractivity contribution < 1.29 is 23.0 Å². The highest BCUT2D eigenvalue weighted by molar-refractivity contribution is 6.07. The summed E-state index contributed by atoms with van der Waals surface area (Å²) in [5.41, 5.74) is 4.30. The molecule has 0 unspecified atom stereocenters. The van der Waals surface area contributed by atoms with Crippen molar-refractivity contribution in [1.82, 2.24) is 14.9 Å². The number of aromatic nitrogens is 2. The third-order valence-electron chi connectivity index (χ3n) is 8.04. The lowest BCUT2D eigenvalue weighted by molar-refractivity contribution is -0.122. The Morgan fingerprint density at radius 1 is 1.03 bits per heavy atom. The molecule has 2 aliphatic rings. The smallest absolute Gasteiger partial charge is 0.235 e. The molecule has 2 N–H and O–H groups in total. The van der Waals surface area contributed by atoms with E-state index in [0.717, 1.165) is 53.7 Å². The van der Waals surface area contributed by atoms with E-state index in [2.05, 4.69) is 27.2 Å². The molecule has 0 bridgehead atoms. The second-order valence-corrected chi connectivity index (χ2v) is 10.1. The summed E-state index contributed by atoms with van der Waals surface area (Å²) in [6.07, 6.45) is 5.03. The van der Waals surface area contributed by atoms with Crippen LogP contribution in [0.15, 0.2) is 42.7 Å². The van der Waals surface area contributed by atoms with Gasteiger partial charge < -0.3 is 24.7 Å². The molecule has 0 atom stereocenters. The van der Waals surface area contributed by atoms with E-state index in [1.54, 1.807) is 12.4 Å². The molecular formula is C29H28F2N4O3. The van der Waals surface area contributed by atoms with Crippen molar-refractivity contribution in [2.24, 2.45) is 0 Å². The number of hydrogen-bond donors (Lipinski definition) is 2. The maximum Gasteiger partial charge on any atom is 0.235 e. The van der Waals surface area contributed by atoms with Crippen LogP contribution in [0.1, 0.15) is 29.5 Å². The zero-order valence-corrected chi connectivity index (χ0v) is 21.5. The lowest BCUT2D eigenvalue weighted by Crippen LogP contribution is -2.45. The van der Waals surface area contributed by atoms with Crippen molar-refractivity contribution in [3.8, 4) is 22.6 Å². The minimum absolute atomic E-state index is 0.0203. The van der Waals surface area contributed by atoms with Gasteiger partial charge in [-0.15, -0.1) is 0 Å². The first-order valence-corrected chi connectivity index (χ1v) is 12.5. The molecule has 9 heteroatoms. The Kier molecular flexibility index (Phi) is 5.83. The number of aromatic amines is 1. The number of pyridine rings is 1. The standard InChI is InChI=1S/C29H28F2N4O3/c1-35-8-6-29(7-9-35)21-5-4-16(12-22(21)34-28(29)36)17-10-19-18(15-33-27(19)32-14-17)11-20-25(30)23(37-2)13-24(38-3)26(20)31/h4-5,10,12-15H,6-9,11H2,1-3H3,(H,32,33)(H,34,36). The summed E-state index contributed by atoms with van der Waals surface area (Å²) < 4.78 is 40.2. The Bertz CT molecular complexity index is 1550. The van der Waals surface area contributed by atoms with Crippen LogP contribution >= 0.6 is 0 Å². The number of hydrogen-bond acceptors (Lipinski definition) is 5. The van der Waals surface area contributed by atoms with Gasteiger partial charge in [-0.25, -0.2) is 13.8 Å². The number of piperidine rings is 1. The maximum atomic E-state index is 15.0. The SMILES string of the molecule is COc1cc(OC)c(F)c(Cc2c[nH]c3ncc(-c4ccc5c(c4)NC(=O)C54CCN(C)CC4)cc23)c1F. The third kappa shape index (κ3) is 3.72. The second-order valence-electron chi connectivity index (χ2n) is 10.1. The van der Waals surface area contributed by atoms with E-state index in [9.17, 15) is 4.79 Å². The first kappa shape index (κ1) is 24.4. The average molecular weight is 519 g/mol. The molecular weight excluding hydrogens is 490 g/mol. The summed E-state index contributed by atoms with van der Waals surface area (Å²) >= 11 is 0. The van der Waals surface area contributed by atoms with Crippen molar-refractivity contribution in [1.29, 1.82) is 0 Å². The number of anilines is 1. The average Bonchev–Trinajstić information content (AvgIpc) is 3.45. The van der Waals surface area contributed by atoms with Gasteiger partial charge in [-0.05, 0) is 61.8 Å². The Labute approximate surface area is 218 Å². The summed E-state index contributed by atoms with van der Waals surface area (Å²) in [6.45, 7) is 1.76. The van der Waals surface area contributed by atoms with Gasteiger partial charge in [-0.3, -0.25) is 4.79 Å². The number of carbonyl (C=O) groups excluding carboxylic acids is 1. The fourth-order valence-corrected chi connectivity index (χ4v) is 5.75. The summed E-state index contributed by atoms with van der Waals surface area (Å²) in [6, 6.07) is 9.20. The molecule has 4 aromatic rings. The predicted octanol–water partition coefficient (Wildman–Crippen LogP) is 5.03. The van der Waals surface area contributed by atoms with Crippen LogP contribution in [0.25, 0.3) is 22.2 Å². The number of likely N-dealkylation sites (tertiary alicyclic amines) is 1. The van der Waals surface area contributed by atoms with Gasteiger partial charge in [0.25, 0.3) is 0 Å². The number of H-pyrrole nitrogens is 1. The first-order valence-electron chi connectivity index (χ1n) is 12.5. The molecule has 7 nitrogen and oxygen atoms in total. The van der Waals surface area contributed by atoms with E-state index >= 15 is 8.78 Å². The van der Waals surface area contributed by atoms with E-state index in [0.29, 0.717) is 11.2 Å². The molecule has 2 aromatic heterocycles. The van der Waals surface area contributed by atoms with Crippen molar-refractivity contribution >= 4 is 22.6 Å². The van der Waals surface area contributed by atoms with Crippen LogP contribution in [0.5, 0.6) is 11.5 Å². The van der Waals surface area contributed by atoms with Gasteiger partial charge in [0.15, 0.2) is 23.1 Å². The zero-order chi connectivity index (χ0) is 26.6. The first-order chi connectivity index (χ1) is 18.3. The molecule has 1 fully saturated rings. The Morgan fingerprint density at radius 2 is 1.74 bits per heavy atom. The van der Waals surface area contributed by atoms with Crippen molar-refractivity contribution in [3.05, 3.63) is 71.1 Å². The van der Waals surface area contributed by atoms with Gasteiger partial charge in [-0.2, -0.15) is 0 Å². The number of fused-ring (bicyclic) bond motifs is 3. The van der Waals surface area contributed by atoms with Crippen LogP contribution in [0.4, 0.5) is 14.5 Å². The molecule has 2 aliphatic heterocycles. The molecule has 1 saturated heterocycles. The monoisotopic (exact) mass is 518 g/mol. The van der Waals surface area contributed by atoms with Gasteiger partial charge in [0, 0.05) is 47.1 Å². The van der Waals surface area contributed by atoms with Crippen molar-refractivity contribution in [2.45, 2.75) is 24.7 Å². The number of nitrogens with one attached hydrogen (secondary N) is 2. The predicted molar refractivity (Wildman–Crippen MR) is 141 cm³/mol. The van der Waals surface area contributed by atoms with Gasteiger partial charge in [0.2, 0.25) is 5.91 Å². The lowest BCUT2D eigenvalue weighted by atomic mass is 9.73. The minimum Gasteiger partial charge on any atom is -0.494 e. The molecule has 4 heterocycles. The van der Waals surface area contributed by atoms with E-state index < -0.39 is 17.0 Å². The molecule has 1 spiro atoms. The summed E-state index contributed by atoms with van der Waals surface area (Å²) in [5, 5.41) is 3.85. The molecule has 0 radical (unpaired) electrons. The van der Waals surface area contributed by atoms with Crippen LogP contribution in [0.2, 0.25) is 0 Å². The number of nitrogens with zero attached hydrogens (tertiary/aromatic N) is 2. The summed E-state index contributed by atoms with van der Waals surface area (Å²) in [5.74, 6) is -1.63. The van der Waals surface area contributed by atoms with Crippen LogP contribution in [-0.2, 0) is 16.6 Å². The number of benzene rings is 2. The zero-order valence-electron chi connectivity index (χ0n) is 21.5. The Hall–Kier alpha value is -3.98. The minimum atomic E-state index is -0.763. The fraction of sp³-hybridized carbons (Fsp3) is 0.310. The fourth-order valence-electron chi connectivity index (χ4n) is 5.75. The van der Waals surface area contributed by atoms with Crippen LogP contribution in [0.3, 0.4) is 0 Å². The third-order valence-corrected chi connectivity index (χ3v) is 8.04. The van der Waals surface area contributed by atoms with Crippen LogP contribution < -0.4 is 14.8 Å². The molecule has 0 saturated carbocycles. The van der Waals surface area contributed by atoms with Gasteiger partial charge >= 0.3 is 0 Å². The maximum absolute atomic E-state index is 15.0. The number of ether oxygens (including phenoxy) is 2. The topological polar surface area (TPSA) is 79.5 Å². The van der Waals surface area contributed by atoms with Gasteiger partial charge in [0.05, 0.1) is 19.6 Å². The summed E-state index contributed by atoms with van der Waals surface area (Å²) in [7, 11) is 4.74. The summed E-state index contributed by atoms with van der Waals surface area (Å²) in [4.78, 5) is 22.9. The highest BCUT2D eigenvalue weighted by Crippen LogP contribution is 2.46. The van der Waals surface area contributed by atoms with Gasteiger partial charge in [0.1, 0.15) is 5.65 Å². The Morgan fingerprint density at radius 3 is 2.42 bits per heavy atom. The number of carbonyl (C=O) groups is 1. The second kappa shape index (κ2) is 9.09. The van der Waals surface area contributed by atoms with E-state index in [4.69, 9.17) is 9.47 Å². The van der Waals surface area contributed by atoms with Gasteiger partial charge in [-0.1, -0.05) is 12.1 Å². The quantitative estimate of drug-likeness (QED) is 0.387. The molecule has 38 heavy (non-hydrogen) atoms. The number of methoxy groups -OCH3 is 2. The number of halogens is 2. The van der Waals surface area contributed by atoms with Crippen molar-refractivity contribution in [2.75, 3.05) is 39.7 Å². The lowest BCUT2D eigenvalue weighted by Gasteiger charge is -2.36. The van der Waals surface area contributed by atoms with Crippen molar-refractivity contribution in [3.63, 3.8) is 0 Å². The molecule has 6 rings (SSSR count). The van der Waals surface area contributed by atoms with Crippen LogP contribution in [-0.4, -0.2) is 55.1 Å². The van der Waals surface area contributed by atoms with E-state index in [-0.39, 0.29) is 29.4 Å².